The molecule has 7 heteroatoms. The molecule has 0 heterocycles. The molecule has 0 aliphatic rings. The average Bonchev–Trinajstić information content (AvgIpc) is 2.20. The van der Waals surface area contributed by atoms with Crippen LogP contribution >= 0.6 is 23.2 Å². The first-order chi connectivity index (χ1) is 8.31. The second-order valence-electron chi connectivity index (χ2n) is 3.75. The highest BCUT2D eigenvalue weighted by atomic mass is 35.5. The van der Waals surface area contributed by atoms with E-state index < -0.39 is 18.5 Å². The highest BCUT2D eigenvalue weighted by Gasteiger charge is 2.30. The quantitative estimate of drug-likeness (QED) is 0.585. The fourth-order valence-corrected chi connectivity index (χ4v) is 1.94. The van der Waals surface area contributed by atoms with Crippen molar-refractivity contribution in [2.75, 3.05) is 19.0 Å². The zero-order chi connectivity index (χ0) is 13.8. The minimum Gasteiger partial charge on any atom is -0.289 e. The van der Waals surface area contributed by atoms with E-state index in [1.54, 1.807) is 0 Å². The third-order valence-electron chi connectivity index (χ3n) is 2.21. The topological polar surface area (TPSA) is 3.24 Å². The molecule has 1 nitrogen and oxygen atoms in total. The van der Waals surface area contributed by atoms with Gasteiger partial charge < -0.3 is 0 Å². The number of rotatable bonds is 5. The van der Waals surface area contributed by atoms with Gasteiger partial charge in [-0.3, -0.25) is 4.90 Å². The lowest BCUT2D eigenvalue weighted by Gasteiger charge is -2.23. The van der Waals surface area contributed by atoms with Crippen LogP contribution in [0.4, 0.5) is 17.6 Å². The van der Waals surface area contributed by atoms with Crippen molar-refractivity contribution in [2.45, 2.75) is 12.7 Å². The molecule has 0 unspecified atom stereocenters. The van der Waals surface area contributed by atoms with Crippen LogP contribution in [-0.4, -0.2) is 30.0 Å². The summed E-state index contributed by atoms with van der Waals surface area (Å²) >= 11 is 11.2. The maximum Gasteiger partial charge on any atom is 0.401 e. The van der Waals surface area contributed by atoms with E-state index in [9.17, 15) is 17.6 Å². The summed E-state index contributed by atoms with van der Waals surface area (Å²) in [4.78, 5) is 1.12. The zero-order valence-corrected chi connectivity index (χ0v) is 10.8. The van der Waals surface area contributed by atoms with Crippen molar-refractivity contribution in [3.8, 4) is 0 Å². The third-order valence-corrected chi connectivity index (χ3v) is 2.73. The van der Waals surface area contributed by atoms with Gasteiger partial charge in [0.15, 0.2) is 0 Å². The summed E-state index contributed by atoms with van der Waals surface area (Å²) in [6.07, 6.45) is -4.31. The number of halogens is 6. The molecule has 1 aromatic carbocycles. The Labute approximate surface area is 112 Å². The molecule has 102 valence electrons. The smallest absolute Gasteiger partial charge is 0.289 e. The Morgan fingerprint density at radius 1 is 1.22 bits per heavy atom. The van der Waals surface area contributed by atoms with Gasteiger partial charge in [0.05, 0.1) is 6.54 Å². The second kappa shape index (κ2) is 6.59. The standard InChI is InChI=1S/C11H11Cl2F4N/c12-3-4-18(7-11(15,16)17)6-8-1-2-9(14)5-10(8)13/h1-2,5H,3-4,6-7H2. The molecule has 0 amide bonds. The van der Waals surface area contributed by atoms with Gasteiger partial charge in [-0.05, 0) is 17.7 Å². The maximum absolute atomic E-state index is 12.8. The molecule has 0 spiro atoms. The highest BCUT2D eigenvalue weighted by Crippen LogP contribution is 2.22. The lowest BCUT2D eigenvalue weighted by atomic mass is 10.2. The molecule has 0 N–H and O–H groups in total. The number of benzene rings is 1. The lowest BCUT2D eigenvalue weighted by Crippen LogP contribution is -2.35. The van der Waals surface area contributed by atoms with Crippen molar-refractivity contribution in [1.29, 1.82) is 0 Å². The first-order valence-electron chi connectivity index (χ1n) is 5.11. The summed E-state index contributed by atoms with van der Waals surface area (Å²) in [5.41, 5.74) is 0.437. The fourth-order valence-electron chi connectivity index (χ4n) is 1.48. The average molecular weight is 304 g/mol. The molecular formula is C11H11Cl2F4N. The van der Waals surface area contributed by atoms with Crippen LogP contribution in [0.2, 0.25) is 5.02 Å². The van der Waals surface area contributed by atoms with E-state index in [1.807, 2.05) is 0 Å². The molecule has 0 aliphatic carbocycles. The molecule has 0 aliphatic heterocycles. The third kappa shape index (κ3) is 5.42. The Kier molecular flexibility index (Phi) is 5.69. The summed E-state index contributed by atoms with van der Waals surface area (Å²) in [5, 5.41) is 0.108. The van der Waals surface area contributed by atoms with Gasteiger partial charge in [0, 0.05) is 24.0 Å². The molecule has 0 bridgehead atoms. The minimum absolute atomic E-state index is 0.0225. The Morgan fingerprint density at radius 2 is 1.89 bits per heavy atom. The van der Waals surface area contributed by atoms with Crippen LogP contribution in [0.15, 0.2) is 18.2 Å². The lowest BCUT2D eigenvalue weighted by molar-refractivity contribution is -0.146. The monoisotopic (exact) mass is 303 g/mol. The van der Waals surface area contributed by atoms with Crippen LogP contribution in [0.5, 0.6) is 0 Å². The first-order valence-corrected chi connectivity index (χ1v) is 6.02. The number of hydrogen-bond donors (Lipinski definition) is 0. The Balaban J connectivity index is 2.76. The summed E-state index contributed by atoms with van der Waals surface area (Å²) in [6, 6.07) is 3.60. The van der Waals surface area contributed by atoms with Crippen molar-refractivity contribution in [3.05, 3.63) is 34.6 Å². The molecule has 0 fully saturated rings. The van der Waals surface area contributed by atoms with E-state index in [-0.39, 0.29) is 24.0 Å². The van der Waals surface area contributed by atoms with Gasteiger partial charge in [-0.2, -0.15) is 13.2 Å². The van der Waals surface area contributed by atoms with Crippen LogP contribution in [0, 0.1) is 5.82 Å². The van der Waals surface area contributed by atoms with Crippen LogP contribution in [0.3, 0.4) is 0 Å². The second-order valence-corrected chi connectivity index (χ2v) is 4.54. The number of nitrogens with zero attached hydrogens (tertiary/aromatic N) is 1. The van der Waals surface area contributed by atoms with Crippen LogP contribution in [-0.2, 0) is 6.54 Å². The first kappa shape index (κ1) is 15.5. The van der Waals surface area contributed by atoms with Crippen molar-refractivity contribution in [3.63, 3.8) is 0 Å². The van der Waals surface area contributed by atoms with Crippen molar-refractivity contribution in [2.24, 2.45) is 0 Å². The maximum atomic E-state index is 12.8. The predicted octanol–water partition coefficient (Wildman–Crippen LogP) is 4.08. The highest BCUT2D eigenvalue weighted by molar-refractivity contribution is 6.31. The number of alkyl halides is 4. The van der Waals surface area contributed by atoms with Gasteiger partial charge >= 0.3 is 6.18 Å². The molecule has 0 saturated carbocycles. The summed E-state index contributed by atoms with van der Waals surface area (Å²) in [7, 11) is 0. The van der Waals surface area contributed by atoms with Gasteiger partial charge in [-0.15, -0.1) is 11.6 Å². The molecule has 0 aromatic heterocycles. The normalized spacial score (nSPS) is 12.2. The van der Waals surface area contributed by atoms with E-state index in [0.717, 1.165) is 17.0 Å². The molecular weight excluding hydrogens is 293 g/mol. The van der Waals surface area contributed by atoms with E-state index in [4.69, 9.17) is 23.2 Å². The molecule has 1 rings (SSSR count). The van der Waals surface area contributed by atoms with Gasteiger partial charge in [0.2, 0.25) is 0 Å². The Bertz CT molecular complexity index is 395. The zero-order valence-electron chi connectivity index (χ0n) is 9.28. The van der Waals surface area contributed by atoms with Crippen molar-refractivity contribution in [1.82, 2.24) is 4.90 Å². The summed E-state index contributed by atoms with van der Waals surface area (Å²) < 4.78 is 49.8. The minimum atomic E-state index is -4.31. The van der Waals surface area contributed by atoms with E-state index in [1.165, 1.54) is 6.07 Å². The van der Waals surface area contributed by atoms with E-state index in [2.05, 4.69) is 0 Å². The number of hydrogen-bond acceptors (Lipinski definition) is 1. The Morgan fingerprint density at radius 3 is 2.39 bits per heavy atom. The molecule has 0 atom stereocenters. The molecule has 18 heavy (non-hydrogen) atoms. The van der Waals surface area contributed by atoms with E-state index in [0.29, 0.717) is 5.56 Å². The van der Waals surface area contributed by atoms with Gasteiger partial charge in [0.25, 0.3) is 0 Å². The van der Waals surface area contributed by atoms with Crippen LogP contribution < -0.4 is 0 Å². The summed E-state index contributed by atoms with van der Waals surface area (Å²) in [5.74, 6) is -0.446. The Hall–Kier alpha value is -0.520. The fraction of sp³-hybridized carbons (Fsp3) is 0.455. The van der Waals surface area contributed by atoms with Gasteiger partial charge in [-0.1, -0.05) is 17.7 Å². The van der Waals surface area contributed by atoms with E-state index >= 15 is 0 Å². The van der Waals surface area contributed by atoms with Crippen molar-refractivity contribution < 1.29 is 17.6 Å². The van der Waals surface area contributed by atoms with Crippen molar-refractivity contribution >= 4 is 23.2 Å². The van der Waals surface area contributed by atoms with Gasteiger partial charge in [-0.25, -0.2) is 4.39 Å². The molecule has 0 radical (unpaired) electrons. The van der Waals surface area contributed by atoms with Gasteiger partial charge in [0.1, 0.15) is 5.82 Å². The largest absolute Gasteiger partial charge is 0.401 e. The molecule has 1 aromatic rings. The predicted molar refractivity (Wildman–Crippen MR) is 63.5 cm³/mol. The van der Waals surface area contributed by atoms with Crippen LogP contribution in [0.25, 0.3) is 0 Å². The SMILES string of the molecule is Fc1ccc(CN(CCCl)CC(F)(F)F)c(Cl)c1. The van der Waals surface area contributed by atoms with Crippen LogP contribution in [0.1, 0.15) is 5.56 Å². The molecule has 0 saturated heterocycles. The summed E-state index contributed by atoms with van der Waals surface area (Å²) in [6.45, 7) is -1.02.